The van der Waals surface area contributed by atoms with Crippen molar-refractivity contribution in [2.24, 2.45) is 0 Å². The van der Waals surface area contributed by atoms with E-state index in [-0.39, 0.29) is 0 Å². The standard InChI is InChI=1S/C45H34N2/c1-46(43-31-24-34-12-5-6-14-39(34)32-43)40-25-18-36(19-26-40)37-22-29-42(30-23-37)47(45-17-9-15-38-13-7-8-16-44(38)45)41-27-20-35(21-28-41)33-10-3-2-4-11-33/h2-32H,1H3. The van der Waals surface area contributed by atoms with E-state index >= 15 is 0 Å². The quantitative estimate of drug-likeness (QED) is 0.179. The summed E-state index contributed by atoms with van der Waals surface area (Å²) in [6, 6.07) is 67.5. The van der Waals surface area contributed by atoms with Crippen LogP contribution in [0.3, 0.4) is 0 Å². The first-order chi connectivity index (χ1) is 23.2. The largest absolute Gasteiger partial charge is 0.345 e. The number of fused-ring (bicyclic) bond motifs is 2. The predicted molar refractivity (Wildman–Crippen MR) is 202 cm³/mol. The van der Waals surface area contributed by atoms with E-state index in [1.807, 2.05) is 0 Å². The van der Waals surface area contributed by atoms with Gasteiger partial charge >= 0.3 is 0 Å². The van der Waals surface area contributed by atoms with Crippen LogP contribution in [0.25, 0.3) is 43.8 Å². The van der Waals surface area contributed by atoms with Crippen LogP contribution in [-0.2, 0) is 0 Å². The molecule has 0 saturated heterocycles. The maximum Gasteiger partial charge on any atom is 0.0540 e. The molecule has 0 aromatic heterocycles. The second-order valence-corrected chi connectivity index (χ2v) is 11.9. The van der Waals surface area contributed by atoms with Crippen molar-refractivity contribution in [3.63, 3.8) is 0 Å². The maximum absolute atomic E-state index is 2.36. The molecule has 0 radical (unpaired) electrons. The van der Waals surface area contributed by atoms with E-state index in [1.54, 1.807) is 0 Å². The molecule has 0 unspecified atom stereocenters. The smallest absolute Gasteiger partial charge is 0.0540 e. The predicted octanol–water partition coefficient (Wildman–Crippen LogP) is 12.6. The topological polar surface area (TPSA) is 6.48 Å². The Balaban J connectivity index is 1.11. The Hall–Kier alpha value is -6.12. The number of rotatable bonds is 7. The highest BCUT2D eigenvalue weighted by atomic mass is 15.1. The van der Waals surface area contributed by atoms with Crippen LogP contribution < -0.4 is 9.80 Å². The molecule has 47 heavy (non-hydrogen) atoms. The lowest BCUT2D eigenvalue weighted by atomic mass is 10.0. The highest BCUT2D eigenvalue weighted by Crippen LogP contribution is 2.40. The average molecular weight is 603 g/mol. The first-order valence-corrected chi connectivity index (χ1v) is 16.1. The number of anilines is 5. The maximum atomic E-state index is 2.36. The number of nitrogens with zero attached hydrogens (tertiary/aromatic N) is 2. The minimum atomic E-state index is 1.12. The fraction of sp³-hybridized carbons (Fsp3) is 0.0222. The van der Waals surface area contributed by atoms with Gasteiger partial charge in [-0.25, -0.2) is 0 Å². The van der Waals surface area contributed by atoms with E-state index < -0.39 is 0 Å². The van der Waals surface area contributed by atoms with Crippen molar-refractivity contribution in [1.29, 1.82) is 0 Å². The Labute approximate surface area is 276 Å². The van der Waals surface area contributed by atoms with Gasteiger partial charge in [0.25, 0.3) is 0 Å². The third-order valence-electron chi connectivity index (χ3n) is 9.07. The van der Waals surface area contributed by atoms with Gasteiger partial charge in [0, 0.05) is 35.2 Å². The van der Waals surface area contributed by atoms with E-state index in [2.05, 4.69) is 205 Å². The summed E-state index contributed by atoms with van der Waals surface area (Å²) >= 11 is 0. The van der Waals surface area contributed by atoms with Gasteiger partial charge in [0.2, 0.25) is 0 Å². The molecule has 0 amide bonds. The van der Waals surface area contributed by atoms with Gasteiger partial charge in [-0.05, 0) is 93.0 Å². The molecule has 0 heterocycles. The Kier molecular flexibility index (Phi) is 7.45. The second-order valence-electron chi connectivity index (χ2n) is 11.9. The normalized spacial score (nSPS) is 11.1. The SMILES string of the molecule is CN(c1ccc(-c2ccc(N(c3ccc(-c4ccccc4)cc3)c3cccc4ccccc34)cc2)cc1)c1ccc2ccccc2c1. The average Bonchev–Trinajstić information content (AvgIpc) is 3.15. The van der Waals surface area contributed by atoms with Gasteiger partial charge in [-0.2, -0.15) is 0 Å². The summed E-state index contributed by atoms with van der Waals surface area (Å²) in [4.78, 5) is 4.60. The lowest BCUT2D eigenvalue weighted by Gasteiger charge is -2.27. The molecule has 0 N–H and O–H groups in total. The minimum Gasteiger partial charge on any atom is -0.345 e. The van der Waals surface area contributed by atoms with Gasteiger partial charge in [-0.1, -0.05) is 133 Å². The van der Waals surface area contributed by atoms with Crippen molar-refractivity contribution in [2.45, 2.75) is 0 Å². The summed E-state index contributed by atoms with van der Waals surface area (Å²) in [5, 5.41) is 4.95. The molecule has 0 atom stereocenters. The van der Waals surface area contributed by atoms with E-state index in [0.717, 1.165) is 22.7 Å². The third kappa shape index (κ3) is 5.62. The Morgan fingerprint density at radius 3 is 1.43 bits per heavy atom. The summed E-state index contributed by atoms with van der Waals surface area (Å²) in [6.45, 7) is 0. The van der Waals surface area contributed by atoms with E-state index in [1.165, 1.54) is 49.5 Å². The van der Waals surface area contributed by atoms with Gasteiger partial charge in [-0.15, -0.1) is 0 Å². The van der Waals surface area contributed by atoms with Crippen LogP contribution in [0.15, 0.2) is 188 Å². The van der Waals surface area contributed by atoms with E-state index in [4.69, 9.17) is 0 Å². The molecule has 2 nitrogen and oxygen atoms in total. The Morgan fingerprint density at radius 1 is 0.319 bits per heavy atom. The number of hydrogen-bond donors (Lipinski definition) is 0. The van der Waals surface area contributed by atoms with Gasteiger partial charge in [0.05, 0.1) is 5.69 Å². The summed E-state index contributed by atoms with van der Waals surface area (Å²) in [5.41, 5.74) is 10.5. The van der Waals surface area contributed by atoms with Crippen molar-refractivity contribution in [3.05, 3.63) is 188 Å². The Morgan fingerprint density at radius 2 is 0.787 bits per heavy atom. The zero-order chi connectivity index (χ0) is 31.6. The van der Waals surface area contributed by atoms with E-state index in [0.29, 0.717) is 0 Å². The third-order valence-corrected chi connectivity index (χ3v) is 9.07. The molecule has 224 valence electrons. The zero-order valence-electron chi connectivity index (χ0n) is 26.3. The fourth-order valence-electron chi connectivity index (χ4n) is 6.48. The molecule has 8 rings (SSSR count). The van der Waals surface area contributed by atoms with Crippen LogP contribution in [0.2, 0.25) is 0 Å². The minimum absolute atomic E-state index is 1.12. The molecule has 0 aliphatic heterocycles. The zero-order valence-corrected chi connectivity index (χ0v) is 26.3. The molecule has 0 spiro atoms. The molecule has 0 saturated carbocycles. The first-order valence-electron chi connectivity index (χ1n) is 16.1. The molecule has 0 fully saturated rings. The van der Waals surface area contributed by atoms with Crippen molar-refractivity contribution in [1.82, 2.24) is 0 Å². The van der Waals surface area contributed by atoms with Crippen molar-refractivity contribution >= 4 is 50.0 Å². The lowest BCUT2D eigenvalue weighted by molar-refractivity contribution is 1.21. The van der Waals surface area contributed by atoms with Crippen LogP contribution in [0, 0.1) is 0 Å². The molecule has 2 heteroatoms. The summed E-state index contributed by atoms with van der Waals surface area (Å²) < 4.78 is 0. The monoisotopic (exact) mass is 602 g/mol. The Bertz CT molecular complexity index is 2280. The highest BCUT2D eigenvalue weighted by molar-refractivity contribution is 5.99. The molecule has 0 aliphatic carbocycles. The number of hydrogen-bond acceptors (Lipinski definition) is 2. The van der Waals surface area contributed by atoms with Crippen LogP contribution >= 0.6 is 0 Å². The fourth-order valence-corrected chi connectivity index (χ4v) is 6.48. The van der Waals surface area contributed by atoms with Crippen LogP contribution in [0.5, 0.6) is 0 Å². The van der Waals surface area contributed by atoms with E-state index in [9.17, 15) is 0 Å². The van der Waals surface area contributed by atoms with Crippen molar-refractivity contribution < 1.29 is 0 Å². The van der Waals surface area contributed by atoms with Crippen LogP contribution in [0.4, 0.5) is 28.4 Å². The molecule has 8 aromatic rings. The molecule has 0 bridgehead atoms. The van der Waals surface area contributed by atoms with Crippen molar-refractivity contribution in [3.8, 4) is 22.3 Å². The summed E-state index contributed by atoms with van der Waals surface area (Å²) in [5.74, 6) is 0. The van der Waals surface area contributed by atoms with Gasteiger partial charge in [-0.3, -0.25) is 0 Å². The first kappa shape index (κ1) is 28.4. The molecule has 8 aromatic carbocycles. The van der Waals surface area contributed by atoms with Gasteiger partial charge < -0.3 is 9.80 Å². The van der Waals surface area contributed by atoms with Gasteiger partial charge in [0.1, 0.15) is 0 Å². The molecule has 0 aliphatic rings. The molecular formula is C45H34N2. The lowest BCUT2D eigenvalue weighted by Crippen LogP contribution is -2.10. The highest BCUT2D eigenvalue weighted by Gasteiger charge is 2.16. The molecular weight excluding hydrogens is 569 g/mol. The van der Waals surface area contributed by atoms with Crippen molar-refractivity contribution in [2.75, 3.05) is 16.8 Å². The summed E-state index contributed by atoms with van der Waals surface area (Å²) in [6.07, 6.45) is 0. The van der Waals surface area contributed by atoms with Crippen LogP contribution in [-0.4, -0.2) is 7.05 Å². The summed E-state index contributed by atoms with van der Waals surface area (Å²) in [7, 11) is 2.13. The number of benzene rings is 8. The second kappa shape index (κ2) is 12.3. The van der Waals surface area contributed by atoms with Gasteiger partial charge in [0.15, 0.2) is 0 Å². The van der Waals surface area contributed by atoms with Crippen LogP contribution in [0.1, 0.15) is 0 Å².